The molecule has 6 nitrogen and oxygen atoms in total. The fourth-order valence-electron chi connectivity index (χ4n) is 4.30. The first-order chi connectivity index (χ1) is 15.6. The minimum atomic E-state index is -1.05. The number of aryl methyl sites for hydroxylation is 1. The zero-order valence-corrected chi connectivity index (χ0v) is 19.7. The summed E-state index contributed by atoms with van der Waals surface area (Å²) in [5, 5.41) is 1.04. The van der Waals surface area contributed by atoms with Crippen molar-refractivity contribution in [2.75, 3.05) is 7.11 Å². The Morgan fingerprint density at radius 2 is 1.85 bits per heavy atom. The molecule has 33 heavy (non-hydrogen) atoms. The molecule has 0 aliphatic heterocycles. The lowest BCUT2D eigenvalue weighted by Crippen LogP contribution is -2.31. The molecule has 0 radical (unpaired) electrons. The lowest BCUT2D eigenvalue weighted by atomic mass is 9.93. The van der Waals surface area contributed by atoms with Gasteiger partial charge in [0.2, 0.25) is 0 Å². The highest BCUT2D eigenvalue weighted by molar-refractivity contribution is 5.96. The van der Waals surface area contributed by atoms with Crippen LogP contribution < -0.4 is 4.74 Å². The van der Waals surface area contributed by atoms with Crippen LogP contribution in [0.2, 0.25) is 0 Å². The number of aromatic nitrogens is 1. The highest BCUT2D eigenvalue weighted by atomic mass is 16.6. The van der Waals surface area contributed by atoms with Gasteiger partial charge in [-0.2, -0.15) is 0 Å². The Balaban J connectivity index is 1.58. The van der Waals surface area contributed by atoms with E-state index in [2.05, 4.69) is 4.98 Å². The van der Waals surface area contributed by atoms with Crippen LogP contribution in [0.1, 0.15) is 44.0 Å². The molecular formula is C27H29NO5. The molecule has 172 valence electrons. The molecule has 1 fully saturated rings. The summed E-state index contributed by atoms with van der Waals surface area (Å²) >= 11 is 0. The molecule has 1 heterocycles. The maximum absolute atomic E-state index is 12.8. The van der Waals surface area contributed by atoms with Crippen molar-refractivity contribution in [1.82, 2.24) is 4.98 Å². The first kappa shape index (κ1) is 22.8. The van der Waals surface area contributed by atoms with Gasteiger partial charge in [0.05, 0.1) is 18.5 Å². The third-order valence-electron chi connectivity index (χ3n) is 5.88. The van der Waals surface area contributed by atoms with Gasteiger partial charge >= 0.3 is 11.9 Å². The van der Waals surface area contributed by atoms with Gasteiger partial charge in [0.15, 0.2) is 0 Å². The largest absolute Gasteiger partial charge is 0.489 e. The fraction of sp³-hybridized carbons (Fsp3) is 0.370. The number of benzene rings is 2. The van der Waals surface area contributed by atoms with Gasteiger partial charge < -0.3 is 14.2 Å². The maximum atomic E-state index is 12.8. The second-order valence-electron chi connectivity index (χ2n) is 9.51. The normalized spacial score (nSPS) is 19.7. The number of nitrogens with zero attached hydrogens (tertiary/aromatic N) is 1. The van der Waals surface area contributed by atoms with Crippen LogP contribution in [0.4, 0.5) is 0 Å². The van der Waals surface area contributed by atoms with Crippen molar-refractivity contribution in [1.29, 1.82) is 0 Å². The van der Waals surface area contributed by atoms with E-state index >= 15 is 0 Å². The fourth-order valence-corrected chi connectivity index (χ4v) is 4.30. The number of rotatable bonds is 6. The van der Waals surface area contributed by atoms with E-state index in [0.29, 0.717) is 24.3 Å². The zero-order chi connectivity index (χ0) is 23.8. The summed E-state index contributed by atoms with van der Waals surface area (Å²) < 4.78 is 16.7. The summed E-state index contributed by atoms with van der Waals surface area (Å²) in [7, 11) is 1.34. The van der Waals surface area contributed by atoms with E-state index < -0.39 is 28.9 Å². The van der Waals surface area contributed by atoms with Crippen LogP contribution in [0.25, 0.3) is 10.9 Å². The average molecular weight is 448 g/mol. The van der Waals surface area contributed by atoms with Crippen LogP contribution in [0, 0.1) is 12.8 Å². The predicted molar refractivity (Wildman–Crippen MR) is 125 cm³/mol. The van der Waals surface area contributed by atoms with Crippen molar-refractivity contribution in [3.63, 3.8) is 0 Å². The molecule has 0 unspecified atom stereocenters. The molecular weight excluding hydrogens is 418 g/mol. The number of ether oxygens (including phenoxy) is 3. The van der Waals surface area contributed by atoms with Gasteiger partial charge in [-0.25, -0.2) is 0 Å². The van der Waals surface area contributed by atoms with Crippen molar-refractivity contribution >= 4 is 22.8 Å². The van der Waals surface area contributed by atoms with E-state index in [1.165, 1.54) is 7.11 Å². The summed E-state index contributed by atoms with van der Waals surface area (Å²) in [5.41, 5.74) is 1.90. The second kappa shape index (κ2) is 8.50. The number of hydrogen-bond acceptors (Lipinski definition) is 6. The van der Waals surface area contributed by atoms with Crippen molar-refractivity contribution in [3.8, 4) is 5.75 Å². The predicted octanol–water partition coefficient (Wildman–Crippen LogP) is 4.89. The monoisotopic (exact) mass is 447 g/mol. The molecule has 6 heteroatoms. The minimum absolute atomic E-state index is 0.353. The van der Waals surface area contributed by atoms with E-state index in [0.717, 1.165) is 22.2 Å². The van der Waals surface area contributed by atoms with Crippen molar-refractivity contribution in [2.24, 2.45) is 5.92 Å². The second-order valence-corrected chi connectivity index (χ2v) is 9.51. The van der Waals surface area contributed by atoms with Crippen molar-refractivity contribution < 1.29 is 23.8 Å². The first-order valence-electron chi connectivity index (χ1n) is 11.0. The van der Waals surface area contributed by atoms with Gasteiger partial charge in [-0.05, 0) is 63.9 Å². The number of pyridine rings is 1. The lowest BCUT2D eigenvalue weighted by molar-refractivity contribution is -0.159. The van der Waals surface area contributed by atoms with E-state index in [1.807, 2.05) is 82.3 Å². The molecule has 0 N–H and O–H groups in total. The van der Waals surface area contributed by atoms with Crippen molar-refractivity contribution in [2.45, 2.75) is 51.7 Å². The SMILES string of the molecule is COC(=O)[C@]1(c2cccc(OCc3cc(C)nc4ccccc34)c2)C[C@H]1C(=O)OC(C)(C)C. The number of methoxy groups -OCH3 is 1. The molecule has 1 aliphatic carbocycles. The third kappa shape index (κ3) is 4.56. The van der Waals surface area contributed by atoms with Gasteiger partial charge in [-0.3, -0.25) is 14.6 Å². The van der Waals surface area contributed by atoms with Crippen molar-refractivity contribution in [3.05, 3.63) is 71.4 Å². The van der Waals surface area contributed by atoms with Gasteiger partial charge in [0.1, 0.15) is 23.4 Å². The van der Waals surface area contributed by atoms with Gasteiger partial charge in [-0.1, -0.05) is 30.3 Å². The number of fused-ring (bicyclic) bond motifs is 1. The molecule has 1 aromatic heterocycles. The topological polar surface area (TPSA) is 74.7 Å². The first-order valence-corrected chi connectivity index (χ1v) is 11.0. The quantitative estimate of drug-likeness (QED) is 0.501. The smallest absolute Gasteiger partial charge is 0.317 e. The molecule has 0 saturated heterocycles. The molecule has 0 spiro atoms. The molecule has 1 saturated carbocycles. The Labute approximate surface area is 193 Å². The zero-order valence-electron chi connectivity index (χ0n) is 19.7. The van der Waals surface area contributed by atoms with E-state index in [4.69, 9.17) is 14.2 Å². The summed E-state index contributed by atoms with van der Waals surface area (Å²) in [5.74, 6) is -0.792. The molecule has 4 rings (SSSR count). The number of esters is 2. The number of hydrogen-bond donors (Lipinski definition) is 0. The summed E-state index contributed by atoms with van der Waals surface area (Å²) in [6.07, 6.45) is 0.353. The van der Waals surface area contributed by atoms with Gasteiger partial charge in [-0.15, -0.1) is 0 Å². The van der Waals surface area contributed by atoms with Gasteiger partial charge in [0, 0.05) is 16.6 Å². The molecule has 1 aliphatic rings. The van der Waals surface area contributed by atoms with Gasteiger partial charge in [0.25, 0.3) is 0 Å². The van der Waals surface area contributed by atoms with Crippen LogP contribution in [0.5, 0.6) is 5.75 Å². The Bertz CT molecular complexity index is 1210. The standard InChI is InChI=1S/C27H29NO5/c1-17-13-18(21-11-6-7-12-23(21)28-17)16-32-20-10-8-9-19(14-20)27(25(30)31-5)15-22(27)24(29)33-26(2,3)4/h6-14,22H,15-16H2,1-5H3/t22-,27-/m0/s1. The summed E-state index contributed by atoms with van der Waals surface area (Å²) in [6.45, 7) is 7.75. The molecule has 2 atom stereocenters. The van der Waals surface area contributed by atoms with Crippen LogP contribution in [-0.2, 0) is 31.1 Å². The van der Waals surface area contributed by atoms with Crippen LogP contribution in [-0.4, -0.2) is 29.6 Å². The van der Waals surface area contributed by atoms with E-state index in [1.54, 1.807) is 0 Å². The minimum Gasteiger partial charge on any atom is -0.489 e. The Hall–Kier alpha value is -3.41. The summed E-state index contributed by atoms with van der Waals surface area (Å²) in [4.78, 5) is 30.1. The number of carbonyl (C=O) groups is 2. The molecule has 0 bridgehead atoms. The Kier molecular flexibility index (Phi) is 5.87. The average Bonchev–Trinajstić information content (AvgIpc) is 3.53. The molecule has 3 aromatic rings. The summed E-state index contributed by atoms with van der Waals surface area (Å²) in [6, 6.07) is 17.3. The van der Waals surface area contributed by atoms with Crippen LogP contribution >= 0.6 is 0 Å². The maximum Gasteiger partial charge on any atom is 0.317 e. The van der Waals surface area contributed by atoms with E-state index in [9.17, 15) is 9.59 Å². The Morgan fingerprint density at radius 1 is 1.09 bits per heavy atom. The van der Waals surface area contributed by atoms with Crippen LogP contribution in [0.3, 0.4) is 0 Å². The van der Waals surface area contributed by atoms with E-state index in [-0.39, 0.29) is 0 Å². The highest BCUT2D eigenvalue weighted by Gasteiger charge is 2.67. The molecule has 0 amide bonds. The number of carbonyl (C=O) groups excluding carboxylic acids is 2. The third-order valence-corrected chi connectivity index (χ3v) is 5.88. The number of para-hydroxylation sites is 1. The molecule has 2 aromatic carbocycles. The Morgan fingerprint density at radius 3 is 2.58 bits per heavy atom. The lowest BCUT2D eigenvalue weighted by Gasteiger charge is -2.21. The highest BCUT2D eigenvalue weighted by Crippen LogP contribution is 2.56. The van der Waals surface area contributed by atoms with Crippen LogP contribution in [0.15, 0.2) is 54.6 Å².